The van der Waals surface area contributed by atoms with Crippen molar-refractivity contribution in [1.29, 1.82) is 0 Å². The molecule has 1 aliphatic rings. The van der Waals surface area contributed by atoms with Crippen LogP contribution in [0.4, 0.5) is 5.13 Å². The lowest BCUT2D eigenvalue weighted by atomic mass is 9.95. The Bertz CT molecular complexity index is 1550. The summed E-state index contributed by atoms with van der Waals surface area (Å²) in [7, 11) is 0. The van der Waals surface area contributed by atoms with Gasteiger partial charge >= 0.3 is 0 Å². The molecule has 0 fully saturated rings. The monoisotopic (exact) mass is 530 g/mol. The molecule has 0 radical (unpaired) electrons. The predicted molar refractivity (Wildman–Crippen MR) is 144 cm³/mol. The van der Waals surface area contributed by atoms with Crippen LogP contribution in [0.3, 0.4) is 0 Å². The first-order chi connectivity index (χ1) is 18.3. The zero-order valence-corrected chi connectivity index (χ0v) is 22.0. The number of Topliss-reactive ketones (excluding diaryl/α,β-unsaturated/α-hetero) is 2. The van der Waals surface area contributed by atoms with Crippen molar-refractivity contribution in [1.82, 2.24) is 4.98 Å². The van der Waals surface area contributed by atoms with Gasteiger partial charge in [0.25, 0.3) is 5.91 Å². The highest BCUT2D eigenvalue weighted by atomic mass is 32.1. The molecule has 9 heteroatoms. The fourth-order valence-corrected chi connectivity index (χ4v) is 5.46. The van der Waals surface area contributed by atoms with Gasteiger partial charge in [0.1, 0.15) is 11.3 Å². The summed E-state index contributed by atoms with van der Waals surface area (Å²) in [5.74, 6) is -1.59. The predicted octanol–water partition coefficient (Wildman–Crippen LogP) is 6.36. The number of unbranched alkanes of at least 4 members (excludes halogenated alkanes) is 1. The van der Waals surface area contributed by atoms with E-state index in [0.717, 1.165) is 29.6 Å². The third kappa shape index (κ3) is 4.50. The molecule has 0 bridgehead atoms. The number of carbonyl (C=O) groups is 3. The minimum absolute atomic E-state index is 0.00617. The average Bonchev–Trinajstić information content (AvgIpc) is 3.58. The fourth-order valence-electron chi connectivity index (χ4n) is 4.47. The van der Waals surface area contributed by atoms with Crippen LogP contribution in [0.25, 0.3) is 11.0 Å². The summed E-state index contributed by atoms with van der Waals surface area (Å²) in [6.45, 7) is 5.77. The summed E-state index contributed by atoms with van der Waals surface area (Å²) in [6.07, 6.45) is 1.92. The highest BCUT2D eigenvalue weighted by molar-refractivity contribution is 7.17. The number of aliphatic hydroxyl groups excluding tert-OH is 1. The van der Waals surface area contributed by atoms with Crippen molar-refractivity contribution < 1.29 is 28.6 Å². The Kier molecular flexibility index (Phi) is 6.86. The molecule has 0 unspecified atom stereocenters. The molecule has 1 atom stereocenters. The number of aryl methyl sites for hydroxylation is 1. The van der Waals surface area contributed by atoms with Crippen molar-refractivity contribution >= 4 is 44.9 Å². The van der Waals surface area contributed by atoms with Crippen molar-refractivity contribution in [2.75, 3.05) is 11.5 Å². The smallest absolute Gasteiger partial charge is 0.296 e. The van der Waals surface area contributed by atoms with Crippen LogP contribution < -0.4 is 9.64 Å². The molecule has 8 nitrogen and oxygen atoms in total. The molecule has 0 saturated carbocycles. The van der Waals surface area contributed by atoms with Gasteiger partial charge in [0.15, 0.2) is 22.4 Å². The van der Waals surface area contributed by atoms with E-state index in [0.29, 0.717) is 34.1 Å². The van der Waals surface area contributed by atoms with Gasteiger partial charge in [0, 0.05) is 12.3 Å². The lowest BCUT2D eigenvalue weighted by molar-refractivity contribution is -0.117. The van der Waals surface area contributed by atoms with E-state index in [4.69, 9.17) is 9.15 Å². The van der Waals surface area contributed by atoms with Crippen molar-refractivity contribution in [2.24, 2.45) is 0 Å². The van der Waals surface area contributed by atoms with E-state index in [1.54, 1.807) is 49.4 Å². The van der Waals surface area contributed by atoms with E-state index in [1.807, 2.05) is 12.1 Å². The molecule has 38 heavy (non-hydrogen) atoms. The minimum atomic E-state index is -0.988. The van der Waals surface area contributed by atoms with Gasteiger partial charge < -0.3 is 14.3 Å². The van der Waals surface area contributed by atoms with Crippen LogP contribution in [0, 0.1) is 6.92 Å². The van der Waals surface area contributed by atoms with Crippen molar-refractivity contribution in [2.45, 2.75) is 39.7 Å². The van der Waals surface area contributed by atoms with Crippen LogP contribution in [-0.2, 0) is 4.79 Å². The SMILES string of the molecule is CCCCOc1ccc([C@@H]2C(C(=O)c3cc4ccccc4o3)=C(O)C(=O)N2c2nc(C)c(C(C)=O)s2)cc1. The van der Waals surface area contributed by atoms with Gasteiger partial charge in [-0.3, -0.25) is 19.3 Å². The lowest BCUT2D eigenvalue weighted by Crippen LogP contribution is -2.31. The lowest BCUT2D eigenvalue weighted by Gasteiger charge is -2.24. The molecule has 194 valence electrons. The largest absolute Gasteiger partial charge is 0.503 e. The maximum atomic E-state index is 13.8. The van der Waals surface area contributed by atoms with Gasteiger partial charge in [-0.25, -0.2) is 4.98 Å². The number of nitrogens with zero attached hydrogens (tertiary/aromatic N) is 2. The van der Waals surface area contributed by atoms with Crippen molar-refractivity contribution in [3.63, 3.8) is 0 Å². The maximum absolute atomic E-state index is 13.8. The molecule has 1 N–H and O–H groups in total. The molecule has 0 aliphatic carbocycles. The second-order valence-corrected chi connectivity index (χ2v) is 10.0. The standard InChI is InChI=1S/C29H26N2O6S/c1-4-5-14-36-20-12-10-18(11-13-20)24-23(25(33)22-15-19-8-6-7-9-21(19)37-22)26(34)28(35)31(24)29-30-16(2)27(38-29)17(3)32/h6-13,15,24,34H,4-5,14H2,1-3H3/t24-/m1/s1. The molecule has 4 aromatic rings. The van der Waals surface area contributed by atoms with Gasteiger partial charge in [-0.15, -0.1) is 0 Å². The van der Waals surface area contributed by atoms with Crippen LogP contribution in [-0.4, -0.2) is 34.2 Å². The van der Waals surface area contributed by atoms with Crippen LogP contribution in [0.15, 0.2) is 70.3 Å². The van der Waals surface area contributed by atoms with E-state index in [-0.39, 0.29) is 22.2 Å². The number of rotatable bonds is 9. The van der Waals surface area contributed by atoms with E-state index in [2.05, 4.69) is 11.9 Å². The Morgan fingerprint density at radius 1 is 1.16 bits per heavy atom. The number of aromatic nitrogens is 1. The number of anilines is 1. The van der Waals surface area contributed by atoms with Gasteiger partial charge in [-0.05, 0) is 43.2 Å². The summed E-state index contributed by atoms with van der Waals surface area (Å²) >= 11 is 1.05. The van der Waals surface area contributed by atoms with E-state index in [9.17, 15) is 19.5 Å². The average molecular weight is 531 g/mol. The van der Waals surface area contributed by atoms with Crippen LogP contribution in [0.5, 0.6) is 5.75 Å². The van der Waals surface area contributed by atoms with Gasteiger partial charge in [-0.2, -0.15) is 0 Å². The summed E-state index contributed by atoms with van der Waals surface area (Å²) in [6, 6.07) is 14.8. The number of hydrogen-bond acceptors (Lipinski definition) is 8. The number of thiazole rings is 1. The Hall–Kier alpha value is -4.24. The second kappa shape index (κ2) is 10.3. The van der Waals surface area contributed by atoms with Gasteiger partial charge in [0.2, 0.25) is 5.78 Å². The Morgan fingerprint density at radius 2 is 1.89 bits per heavy atom. The summed E-state index contributed by atoms with van der Waals surface area (Å²) < 4.78 is 11.5. The highest BCUT2D eigenvalue weighted by Crippen LogP contribution is 2.44. The molecular formula is C29H26N2O6S. The Morgan fingerprint density at radius 3 is 2.55 bits per heavy atom. The number of ketones is 2. The third-order valence-corrected chi connectivity index (χ3v) is 7.63. The number of amides is 1. The third-order valence-electron chi connectivity index (χ3n) is 6.38. The summed E-state index contributed by atoms with van der Waals surface area (Å²) in [5, 5.41) is 12.0. The van der Waals surface area contributed by atoms with E-state index in [1.165, 1.54) is 11.8 Å². The zero-order chi connectivity index (χ0) is 27.0. The summed E-state index contributed by atoms with van der Waals surface area (Å²) in [4.78, 5) is 45.4. The van der Waals surface area contributed by atoms with Crippen molar-refractivity contribution in [3.8, 4) is 5.75 Å². The number of para-hydroxylation sites is 1. The molecule has 0 spiro atoms. The van der Waals surface area contributed by atoms with Crippen LogP contribution in [0.2, 0.25) is 0 Å². The molecule has 2 aromatic heterocycles. The molecule has 1 aliphatic heterocycles. The first-order valence-electron chi connectivity index (χ1n) is 12.3. The van der Waals surface area contributed by atoms with E-state index >= 15 is 0 Å². The number of benzene rings is 2. The highest BCUT2D eigenvalue weighted by Gasteiger charge is 2.46. The molecular weight excluding hydrogens is 504 g/mol. The number of hydrogen-bond donors (Lipinski definition) is 1. The quantitative estimate of drug-likeness (QED) is 0.198. The van der Waals surface area contributed by atoms with Crippen molar-refractivity contribution in [3.05, 3.63) is 87.8 Å². The molecule has 3 heterocycles. The number of carbonyl (C=O) groups excluding carboxylic acids is 3. The Balaban J connectivity index is 1.59. The maximum Gasteiger partial charge on any atom is 0.296 e. The molecule has 2 aromatic carbocycles. The molecule has 1 amide bonds. The number of furan rings is 1. The first kappa shape index (κ1) is 25.4. The number of aliphatic hydroxyl groups is 1. The number of fused-ring (bicyclic) bond motifs is 1. The summed E-state index contributed by atoms with van der Waals surface area (Å²) in [5.41, 5.74) is 1.44. The zero-order valence-electron chi connectivity index (χ0n) is 21.2. The van der Waals surface area contributed by atoms with Crippen LogP contribution >= 0.6 is 11.3 Å². The first-order valence-corrected chi connectivity index (χ1v) is 13.1. The molecule has 5 rings (SSSR count). The van der Waals surface area contributed by atoms with E-state index < -0.39 is 23.5 Å². The topological polar surface area (TPSA) is 110 Å². The van der Waals surface area contributed by atoms with Gasteiger partial charge in [-0.1, -0.05) is 55.0 Å². The number of ether oxygens (including phenoxy) is 1. The molecule has 0 saturated heterocycles. The Labute approximate surface area is 223 Å². The van der Waals surface area contributed by atoms with Gasteiger partial charge in [0.05, 0.1) is 28.8 Å². The van der Waals surface area contributed by atoms with Crippen LogP contribution in [0.1, 0.15) is 64.2 Å². The minimum Gasteiger partial charge on any atom is -0.503 e. The fraction of sp³-hybridized carbons (Fsp3) is 0.241. The second-order valence-electron chi connectivity index (χ2n) is 9.06. The normalized spacial score (nSPS) is 15.5.